The van der Waals surface area contributed by atoms with Gasteiger partial charge in [-0.25, -0.2) is 9.66 Å². The van der Waals surface area contributed by atoms with E-state index in [2.05, 4.69) is 71.2 Å². The Kier molecular flexibility index (Phi) is 3.93. The van der Waals surface area contributed by atoms with Crippen molar-refractivity contribution < 1.29 is 4.74 Å². The molecule has 2 bridgehead atoms. The van der Waals surface area contributed by atoms with Gasteiger partial charge in [-0.15, -0.1) is 0 Å². The molecule has 0 radical (unpaired) electrons. The number of nitrogens with zero attached hydrogens (tertiary/aromatic N) is 3. The Morgan fingerprint density at radius 3 is 2.42 bits per heavy atom. The summed E-state index contributed by atoms with van der Waals surface area (Å²) in [5.41, 5.74) is 3.75. The first kappa shape index (κ1) is 15.9. The first-order chi connectivity index (χ1) is 12.8. The molecule has 2 atom stereocenters. The Bertz CT molecular complexity index is 890. The molecule has 0 spiro atoms. The molecule has 0 amide bonds. The van der Waals surface area contributed by atoms with Crippen molar-refractivity contribution >= 4 is 11.0 Å². The molecule has 5 rings (SSSR count). The molecule has 4 nitrogen and oxygen atoms in total. The zero-order valence-electron chi connectivity index (χ0n) is 15.2. The Balaban J connectivity index is 1.44. The largest absolute Gasteiger partial charge is 0.381 e. The highest BCUT2D eigenvalue weighted by Crippen LogP contribution is 2.36. The van der Waals surface area contributed by atoms with Gasteiger partial charge < -0.3 is 9.75 Å². The van der Waals surface area contributed by atoms with E-state index >= 15 is 0 Å². The first-order valence-corrected chi connectivity index (χ1v) is 9.60. The van der Waals surface area contributed by atoms with E-state index < -0.39 is 0 Å². The van der Waals surface area contributed by atoms with Crippen LogP contribution in [-0.4, -0.2) is 36.0 Å². The molecule has 2 aromatic carbocycles. The van der Waals surface area contributed by atoms with E-state index in [1.54, 1.807) is 0 Å². The van der Waals surface area contributed by atoms with Crippen molar-refractivity contribution in [1.29, 1.82) is 0 Å². The van der Waals surface area contributed by atoms with Crippen LogP contribution in [-0.2, 0) is 11.2 Å². The minimum Gasteiger partial charge on any atom is -0.381 e. The predicted molar refractivity (Wildman–Crippen MR) is 104 cm³/mol. The molecular formula is C22H25N3O. The van der Waals surface area contributed by atoms with E-state index in [9.17, 15) is 0 Å². The number of aryl methyl sites for hydroxylation is 1. The number of aromatic nitrogens is 2. The Morgan fingerprint density at radius 2 is 1.65 bits per heavy atom. The second kappa shape index (κ2) is 6.44. The van der Waals surface area contributed by atoms with Crippen LogP contribution in [0.15, 0.2) is 54.6 Å². The standard InChI is InChI=1S/C22H25N3O/c1-16-23-21-9-5-6-10-22(21)25(16)24-12-18-14-26-15-19(13-24)20(18)11-17-7-3-2-4-8-17/h2-10,18-20H,11-15H2,1H3. The van der Waals surface area contributed by atoms with Crippen molar-refractivity contribution in [3.05, 3.63) is 66.0 Å². The summed E-state index contributed by atoms with van der Waals surface area (Å²) in [6, 6.07) is 19.4. The van der Waals surface area contributed by atoms with Gasteiger partial charge in [0.05, 0.1) is 24.2 Å². The summed E-state index contributed by atoms with van der Waals surface area (Å²) < 4.78 is 8.27. The number of imidazole rings is 1. The summed E-state index contributed by atoms with van der Waals surface area (Å²) in [6.07, 6.45) is 1.16. The highest BCUT2D eigenvalue weighted by molar-refractivity contribution is 5.76. The SMILES string of the molecule is Cc1nc2ccccc2n1N1CC2COCC(C1)C2Cc1ccccc1. The summed E-state index contributed by atoms with van der Waals surface area (Å²) in [4.78, 5) is 4.76. The topological polar surface area (TPSA) is 30.3 Å². The van der Waals surface area contributed by atoms with Gasteiger partial charge in [-0.3, -0.25) is 0 Å². The second-order valence-corrected chi connectivity index (χ2v) is 7.74. The van der Waals surface area contributed by atoms with Crippen LogP contribution in [0.2, 0.25) is 0 Å². The summed E-state index contributed by atoms with van der Waals surface area (Å²) in [6.45, 7) is 5.93. The van der Waals surface area contributed by atoms with Crippen LogP contribution in [0.25, 0.3) is 11.0 Å². The number of benzene rings is 2. The Hall–Kier alpha value is -2.33. The third-order valence-corrected chi connectivity index (χ3v) is 6.06. The lowest BCUT2D eigenvalue weighted by Gasteiger charge is -2.48. The van der Waals surface area contributed by atoms with Crippen LogP contribution in [0.1, 0.15) is 11.4 Å². The van der Waals surface area contributed by atoms with Gasteiger partial charge >= 0.3 is 0 Å². The molecular weight excluding hydrogens is 322 g/mol. The lowest BCUT2D eigenvalue weighted by Crippen LogP contribution is -2.56. The fourth-order valence-electron chi connectivity index (χ4n) is 4.87. The van der Waals surface area contributed by atoms with Crippen molar-refractivity contribution in [1.82, 2.24) is 9.66 Å². The van der Waals surface area contributed by atoms with Crippen molar-refractivity contribution in [2.24, 2.45) is 17.8 Å². The minimum absolute atomic E-state index is 0.572. The van der Waals surface area contributed by atoms with Gasteiger partial charge in [0.1, 0.15) is 5.82 Å². The fourth-order valence-corrected chi connectivity index (χ4v) is 4.87. The summed E-state index contributed by atoms with van der Waals surface area (Å²) in [5.74, 6) is 2.93. The number of hydrogen-bond acceptors (Lipinski definition) is 3. The second-order valence-electron chi connectivity index (χ2n) is 7.74. The van der Waals surface area contributed by atoms with Gasteiger partial charge in [0.2, 0.25) is 0 Å². The van der Waals surface area contributed by atoms with Gasteiger partial charge in [-0.2, -0.15) is 0 Å². The van der Waals surface area contributed by atoms with Crippen molar-refractivity contribution in [2.75, 3.05) is 31.3 Å². The van der Waals surface area contributed by atoms with Crippen molar-refractivity contribution in [3.63, 3.8) is 0 Å². The van der Waals surface area contributed by atoms with E-state index in [4.69, 9.17) is 9.72 Å². The molecule has 2 unspecified atom stereocenters. The van der Waals surface area contributed by atoms with Gasteiger partial charge in [0.15, 0.2) is 0 Å². The zero-order valence-corrected chi connectivity index (χ0v) is 15.2. The van der Waals surface area contributed by atoms with Crippen LogP contribution in [0.3, 0.4) is 0 Å². The van der Waals surface area contributed by atoms with Crippen molar-refractivity contribution in [3.8, 4) is 0 Å². The average molecular weight is 347 g/mol. The molecule has 0 N–H and O–H groups in total. The molecule has 2 aliphatic rings. The maximum absolute atomic E-state index is 5.94. The summed E-state index contributed by atoms with van der Waals surface area (Å²) >= 11 is 0. The molecule has 3 heterocycles. The molecule has 2 aliphatic heterocycles. The molecule has 1 aromatic heterocycles. The third kappa shape index (κ3) is 2.69. The molecule has 3 aromatic rings. The van der Waals surface area contributed by atoms with Crippen LogP contribution in [0.5, 0.6) is 0 Å². The van der Waals surface area contributed by atoms with Crippen LogP contribution in [0, 0.1) is 24.7 Å². The van der Waals surface area contributed by atoms with Crippen molar-refractivity contribution in [2.45, 2.75) is 13.3 Å². The van der Waals surface area contributed by atoms with Gasteiger partial charge in [-0.05, 0) is 37.0 Å². The molecule has 134 valence electrons. The maximum atomic E-state index is 5.94. The number of para-hydroxylation sites is 2. The monoisotopic (exact) mass is 347 g/mol. The maximum Gasteiger partial charge on any atom is 0.125 e. The van der Waals surface area contributed by atoms with E-state index in [-0.39, 0.29) is 0 Å². The van der Waals surface area contributed by atoms with E-state index in [0.717, 1.165) is 44.1 Å². The molecule has 0 saturated carbocycles. The minimum atomic E-state index is 0.572. The number of ether oxygens (including phenoxy) is 1. The van der Waals surface area contributed by atoms with Crippen LogP contribution >= 0.6 is 0 Å². The molecule has 4 heteroatoms. The molecule has 2 saturated heterocycles. The van der Waals surface area contributed by atoms with Crippen LogP contribution < -0.4 is 5.01 Å². The quantitative estimate of drug-likeness (QED) is 0.727. The van der Waals surface area contributed by atoms with E-state index in [1.165, 1.54) is 11.1 Å². The molecule has 2 fully saturated rings. The fraction of sp³-hybridized carbons (Fsp3) is 0.409. The van der Waals surface area contributed by atoms with Crippen LogP contribution in [0.4, 0.5) is 0 Å². The summed E-state index contributed by atoms with van der Waals surface area (Å²) in [5, 5.41) is 2.50. The normalized spacial score (nSPS) is 25.6. The summed E-state index contributed by atoms with van der Waals surface area (Å²) in [7, 11) is 0. The average Bonchev–Trinajstić information content (AvgIpc) is 2.98. The lowest BCUT2D eigenvalue weighted by molar-refractivity contribution is -0.0434. The smallest absolute Gasteiger partial charge is 0.125 e. The van der Waals surface area contributed by atoms with Gasteiger partial charge in [0.25, 0.3) is 0 Å². The van der Waals surface area contributed by atoms with E-state index in [0.29, 0.717) is 17.8 Å². The first-order valence-electron chi connectivity index (χ1n) is 9.60. The van der Waals surface area contributed by atoms with Gasteiger partial charge in [-0.1, -0.05) is 42.5 Å². The van der Waals surface area contributed by atoms with Gasteiger partial charge in [0, 0.05) is 24.9 Å². The molecule has 26 heavy (non-hydrogen) atoms. The Morgan fingerprint density at radius 1 is 0.962 bits per heavy atom. The Labute approximate surface area is 154 Å². The lowest BCUT2D eigenvalue weighted by atomic mass is 9.74. The number of rotatable bonds is 3. The number of hydrogen-bond donors (Lipinski definition) is 0. The van der Waals surface area contributed by atoms with E-state index in [1.807, 2.05) is 0 Å². The number of fused-ring (bicyclic) bond motifs is 3. The zero-order chi connectivity index (χ0) is 17.5. The highest BCUT2D eigenvalue weighted by atomic mass is 16.5. The molecule has 0 aliphatic carbocycles. The highest BCUT2D eigenvalue weighted by Gasteiger charge is 2.40. The third-order valence-electron chi connectivity index (χ3n) is 6.06. The predicted octanol–water partition coefficient (Wildman–Crippen LogP) is 3.42. The number of piperidine rings is 1.